The smallest absolute Gasteiger partial charge is 0.271 e. The van der Waals surface area contributed by atoms with E-state index in [9.17, 15) is 9.90 Å². The zero-order valence-electron chi connectivity index (χ0n) is 15.9. The molecule has 7 nitrogen and oxygen atoms in total. The van der Waals surface area contributed by atoms with E-state index >= 15 is 0 Å². The lowest BCUT2D eigenvalue weighted by Gasteiger charge is -2.26. The van der Waals surface area contributed by atoms with E-state index in [2.05, 4.69) is 15.3 Å². The van der Waals surface area contributed by atoms with Crippen molar-refractivity contribution in [3.05, 3.63) is 48.2 Å². The normalized spacial score (nSPS) is 15.0. The number of hydrogen-bond donors (Lipinski definition) is 2. The minimum absolute atomic E-state index is 0.166. The Morgan fingerprint density at radius 2 is 1.89 bits per heavy atom. The van der Waals surface area contributed by atoms with E-state index in [1.165, 1.54) is 0 Å². The number of nitrogens with one attached hydrogen (secondary N) is 1. The molecular weight excluding hydrogens is 356 g/mol. The molecule has 146 valence electrons. The maximum atomic E-state index is 12.5. The van der Waals surface area contributed by atoms with Gasteiger partial charge in [-0.2, -0.15) is 5.10 Å². The van der Waals surface area contributed by atoms with Crippen LogP contribution in [0.5, 0.6) is 5.75 Å². The van der Waals surface area contributed by atoms with Crippen molar-refractivity contribution in [3.8, 4) is 17.0 Å². The van der Waals surface area contributed by atoms with Gasteiger partial charge in [0.15, 0.2) is 5.69 Å². The van der Waals surface area contributed by atoms with Gasteiger partial charge in [-0.25, -0.2) is 0 Å². The standard InChI is InChI=1S/C21H24N4O3/c1-24-20(17-3-2-16-13-18(26)5-4-15(16)12-17)14-19(23-24)21(27)22-6-7-25-8-10-28-11-9-25/h2-5,12-14,26H,6-11H2,1H3,(H,22,27). The fraction of sp³-hybridized carbons (Fsp3) is 0.333. The Morgan fingerprint density at radius 1 is 1.14 bits per heavy atom. The molecule has 1 aromatic heterocycles. The van der Waals surface area contributed by atoms with E-state index in [1.54, 1.807) is 16.8 Å². The molecule has 1 amide bonds. The Balaban J connectivity index is 1.45. The number of aromatic hydroxyl groups is 1. The van der Waals surface area contributed by atoms with Gasteiger partial charge < -0.3 is 15.2 Å². The van der Waals surface area contributed by atoms with Gasteiger partial charge in [-0.15, -0.1) is 0 Å². The van der Waals surface area contributed by atoms with E-state index in [-0.39, 0.29) is 11.7 Å². The van der Waals surface area contributed by atoms with Gasteiger partial charge in [-0.05, 0) is 35.0 Å². The molecule has 1 saturated heterocycles. The van der Waals surface area contributed by atoms with Crippen LogP contribution in [0, 0.1) is 0 Å². The van der Waals surface area contributed by atoms with Gasteiger partial charge in [0.25, 0.3) is 5.91 Å². The summed E-state index contributed by atoms with van der Waals surface area (Å²) >= 11 is 0. The quantitative estimate of drug-likeness (QED) is 0.708. The number of carbonyl (C=O) groups is 1. The molecule has 7 heteroatoms. The molecular formula is C21H24N4O3. The second-order valence-electron chi connectivity index (χ2n) is 6.99. The molecule has 1 fully saturated rings. The largest absolute Gasteiger partial charge is 0.508 e. The van der Waals surface area contributed by atoms with E-state index in [0.29, 0.717) is 12.2 Å². The number of ether oxygens (including phenoxy) is 1. The first-order valence-corrected chi connectivity index (χ1v) is 9.46. The second-order valence-corrected chi connectivity index (χ2v) is 6.99. The fourth-order valence-electron chi connectivity index (χ4n) is 3.48. The Kier molecular flexibility index (Phi) is 5.27. The number of amides is 1. The average Bonchev–Trinajstić information content (AvgIpc) is 3.10. The number of rotatable bonds is 5. The van der Waals surface area contributed by atoms with Crippen LogP contribution in [-0.2, 0) is 11.8 Å². The van der Waals surface area contributed by atoms with Gasteiger partial charge in [-0.3, -0.25) is 14.4 Å². The van der Waals surface area contributed by atoms with E-state index in [4.69, 9.17) is 4.74 Å². The number of fused-ring (bicyclic) bond motifs is 1. The SMILES string of the molecule is Cn1nc(C(=O)NCCN2CCOCC2)cc1-c1ccc2cc(O)ccc2c1. The van der Waals surface area contributed by atoms with E-state index < -0.39 is 0 Å². The molecule has 2 aromatic carbocycles. The van der Waals surface area contributed by atoms with Crippen molar-refractivity contribution in [1.82, 2.24) is 20.0 Å². The number of benzene rings is 2. The first-order valence-electron chi connectivity index (χ1n) is 9.46. The summed E-state index contributed by atoms with van der Waals surface area (Å²) in [5, 5.41) is 18.9. The number of hydrogen-bond acceptors (Lipinski definition) is 5. The van der Waals surface area contributed by atoms with Crippen LogP contribution in [0.3, 0.4) is 0 Å². The number of phenols is 1. The highest BCUT2D eigenvalue weighted by Crippen LogP contribution is 2.27. The Labute approximate surface area is 163 Å². The number of nitrogens with zero attached hydrogens (tertiary/aromatic N) is 3. The third kappa shape index (κ3) is 4.00. The van der Waals surface area contributed by atoms with Crippen LogP contribution >= 0.6 is 0 Å². The molecule has 0 atom stereocenters. The number of carbonyl (C=O) groups excluding carboxylic acids is 1. The number of phenolic OH excluding ortho intramolecular Hbond substituents is 1. The zero-order valence-corrected chi connectivity index (χ0v) is 15.9. The third-order valence-electron chi connectivity index (χ3n) is 5.05. The first-order chi connectivity index (χ1) is 13.6. The second kappa shape index (κ2) is 8.00. The van der Waals surface area contributed by atoms with Gasteiger partial charge >= 0.3 is 0 Å². The van der Waals surface area contributed by atoms with E-state index in [0.717, 1.165) is 54.9 Å². The summed E-state index contributed by atoms with van der Waals surface area (Å²) < 4.78 is 7.05. The van der Waals surface area contributed by atoms with Crippen LogP contribution in [0.2, 0.25) is 0 Å². The summed E-state index contributed by atoms with van der Waals surface area (Å²) in [5.41, 5.74) is 2.25. The van der Waals surface area contributed by atoms with Crippen LogP contribution in [-0.4, -0.2) is 65.1 Å². The highest BCUT2D eigenvalue weighted by atomic mass is 16.5. The van der Waals surface area contributed by atoms with Crippen molar-refractivity contribution < 1.29 is 14.6 Å². The monoisotopic (exact) mass is 380 g/mol. The lowest BCUT2D eigenvalue weighted by molar-refractivity contribution is 0.0383. The summed E-state index contributed by atoms with van der Waals surface area (Å²) in [6.07, 6.45) is 0. The molecule has 1 aliphatic heterocycles. The van der Waals surface area contributed by atoms with Crippen molar-refractivity contribution >= 4 is 16.7 Å². The molecule has 0 bridgehead atoms. The summed E-state index contributed by atoms with van der Waals surface area (Å²) in [5.74, 6) is 0.0811. The predicted octanol–water partition coefficient (Wildman–Crippen LogP) is 2.01. The highest BCUT2D eigenvalue weighted by molar-refractivity contribution is 5.94. The van der Waals surface area contributed by atoms with Crippen molar-refractivity contribution in [1.29, 1.82) is 0 Å². The maximum Gasteiger partial charge on any atom is 0.271 e. The highest BCUT2D eigenvalue weighted by Gasteiger charge is 2.15. The first kappa shape index (κ1) is 18.5. The molecule has 2 heterocycles. The van der Waals surface area contributed by atoms with Crippen LogP contribution in [0.1, 0.15) is 10.5 Å². The topological polar surface area (TPSA) is 79.6 Å². The molecule has 0 saturated carbocycles. The summed E-state index contributed by atoms with van der Waals surface area (Å²) in [7, 11) is 1.83. The number of morpholine rings is 1. The molecule has 0 radical (unpaired) electrons. The number of aryl methyl sites for hydroxylation is 1. The van der Waals surface area contributed by atoms with Gasteiger partial charge in [0.05, 0.1) is 18.9 Å². The molecule has 28 heavy (non-hydrogen) atoms. The van der Waals surface area contributed by atoms with Gasteiger partial charge in [-0.1, -0.05) is 18.2 Å². The van der Waals surface area contributed by atoms with Crippen LogP contribution in [0.15, 0.2) is 42.5 Å². The van der Waals surface area contributed by atoms with Crippen LogP contribution in [0.25, 0.3) is 22.0 Å². The molecule has 0 unspecified atom stereocenters. The molecule has 3 aromatic rings. The fourth-order valence-corrected chi connectivity index (χ4v) is 3.48. The van der Waals surface area contributed by atoms with Crippen LogP contribution in [0.4, 0.5) is 0 Å². The Hall–Kier alpha value is -2.90. The Morgan fingerprint density at radius 3 is 2.71 bits per heavy atom. The van der Waals surface area contributed by atoms with Gasteiger partial charge in [0, 0.05) is 38.8 Å². The number of aromatic nitrogens is 2. The minimum atomic E-state index is -0.166. The lowest BCUT2D eigenvalue weighted by atomic mass is 10.0. The molecule has 0 spiro atoms. The van der Waals surface area contributed by atoms with Crippen LogP contribution < -0.4 is 5.32 Å². The summed E-state index contributed by atoms with van der Waals surface area (Å²) in [6, 6.07) is 13.1. The van der Waals surface area contributed by atoms with Gasteiger partial charge in [0.2, 0.25) is 0 Å². The predicted molar refractivity (Wildman–Crippen MR) is 107 cm³/mol. The van der Waals surface area contributed by atoms with Crippen molar-refractivity contribution in [3.63, 3.8) is 0 Å². The minimum Gasteiger partial charge on any atom is -0.508 e. The molecule has 1 aliphatic rings. The van der Waals surface area contributed by atoms with Crippen molar-refractivity contribution in [2.75, 3.05) is 39.4 Å². The molecule has 4 rings (SSSR count). The third-order valence-corrected chi connectivity index (χ3v) is 5.05. The molecule has 0 aliphatic carbocycles. The van der Waals surface area contributed by atoms with Crippen molar-refractivity contribution in [2.45, 2.75) is 0 Å². The average molecular weight is 380 g/mol. The Bertz CT molecular complexity index is 992. The van der Waals surface area contributed by atoms with Crippen molar-refractivity contribution in [2.24, 2.45) is 7.05 Å². The summed E-state index contributed by atoms with van der Waals surface area (Å²) in [4.78, 5) is 14.8. The lowest BCUT2D eigenvalue weighted by Crippen LogP contribution is -2.41. The maximum absolute atomic E-state index is 12.5. The summed E-state index contributed by atoms with van der Waals surface area (Å²) in [6.45, 7) is 4.72. The molecule has 2 N–H and O–H groups in total. The zero-order chi connectivity index (χ0) is 19.5. The van der Waals surface area contributed by atoms with Gasteiger partial charge in [0.1, 0.15) is 5.75 Å². The van der Waals surface area contributed by atoms with E-state index in [1.807, 2.05) is 37.4 Å².